The van der Waals surface area contributed by atoms with E-state index in [4.69, 9.17) is 23.2 Å². The molecule has 0 atom stereocenters. The fraction of sp³-hybridized carbons (Fsp3) is 0.0588. The van der Waals surface area contributed by atoms with Crippen LogP contribution in [0.5, 0.6) is 0 Å². The highest BCUT2D eigenvalue weighted by atomic mass is 35.5. The van der Waals surface area contributed by atoms with Crippen molar-refractivity contribution in [3.05, 3.63) is 69.3 Å². The van der Waals surface area contributed by atoms with Crippen molar-refractivity contribution in [3.63, 3.8) is 0 Å². The third-order valence-electron chi connectivity index (χ3n) is 3.65. The number of thioether (sulfide) groups is 1. The molecule has 0 radical (unpaired) electrons. The lowest BCUT2D eigenvalue weighted by molar-refractivity contribution is 0.617. The second-order valence-corrected chi connectivity index (χ2v) is 7.84. The maximum atomic E-state index is 14.0. The number of nitrogens with zero attached hydrogens (tertiary/aromatic N) is 3. The van der Waals surface area contributed by atoms with Crippen LogP contribution in [0.3, 0.4) is 0 Å². The van der Waals surface area contributed by atoms with Gasteiger partial charge in [-0.3, -0.25) is 4.40 Å². The first-order valence-electron chi connectivity index (χ1n) is 7.28. The Bertz CT molecular complexity index is 1040. The third kappa shape index (κ3) is 3.27. The lowest BCUT2D eigenvalue weighted by Crippen LogP contribution is -1.93. The first-order valence-corrected chi connectivity index (χ1v) is 9.90. The average Bonchev–Trinajstić information content (AvgIpc) is 3.17. The molecule has 0 saturated heterocycles. The standard InChI is InChI=1S/C17H10Cl2FN3S2/c18-11-4-1-3-10(7-11)15-9-25-17-22-21-16(23(15)17)24-8-12-13(19)5-2-6-14(12)20/h1-7,9H,8H2. The summed E-state index contributed by atoms with van der Waals surface area (Å²) in [5.74, 6) is 0.0538. The van der Waals surface area contributed by atoms with Crippen LogP contribution in [0.25, 0.3) is 16.2 Å². The van der Waals surface area contributed by atoms with Crippen molar-refractivity contribution < 1.29 is 4.39 Å². The van der Waals surface area contributed by atoms with Gasteiger partial charge in [0, 0.05) is 32.3 Å². The molecule has 2 aromatic carbocycles. The van der Waals surface area contributed by atoms with Gasteiger partial charge in [0.05, 0.1) is 5.69 Å². The first-order chi connectivity index (χ1) is 12.1. The second kappa shape index (κ2) is 6.96. The van der Waals surface area contributed by atoms with E-state index < -0.39 is 0 Å². The van der Waals surface area contributed by atoms with Gasteiger partial charge in [-0.15, -0.1) is 21.5 Å². The van der Waals surface area contributed by atoms with Crippen LogP contribution >= 0.6 is 46.3 Å². The Hall–Kier alpha value is -1.60. The summed E-state index contributed by atoms with van der Waals surface area (Å²) >= 11 is 15.1. The number of aromatic nitrogens is 3. The molecule has 2 heterocycles. The van der Waals surface area contributed by atoms with Gasteiger partial charge >= 0.3 is 0 Å². The van der Waals surface area contributed by atoms with E-state index in [2.05, 4.69) is 10.2 Å². The van der Waals surface area contributed by atoms with E-state index in [-0.39, 0.29) is 5.82 Å². The minimum absolute atomic E-state index is 0.318. The summed E-state index contributed by atoms with van der Waals surface area (Å²) in [7, 11) is 0. The van der Waals surface area contributed by atoms with E-state index in [1.54, 1.807) is 12.1 Å². The maximum absolute atomic E-state index is 14.0. The first kappa shape index (κ1) is 16.8. The molecule has 126 valence electrons. The summed E-state index contributed by atoms with van der Waals surface area (Å²) in [6, 6.07) is 12.3. The van der Waals surface area contributed by atoms with Gasteiger partial charge in [-0.05, 0) is 24.3 Å². The Morgan fingerprint density at radius 2 is 1.96 bits per heavy atom. The smallest absolute Gasteiger partial charge is 0.217 e. The van der Waals surface area contributed by atoms with Crippen LogP contribution < -0.4 is 0 Å². The third-order valence-corrected chi connectivity index (χ3v) is 6.01. The van der Waals surface area contributed by atoms with E-state index in [0.29, 0.717) is 26.5 Å². The van der Waals surface area contributed by atoms with Gasteiger partial charge in [0.15, 0.2) is 5.16 Å². The normalized spacial score (nSPS) is 11.3. The molecule has 0 N–H and O–H groups in total. The molecule has 2 aromatic heterocycles. The molecule has 4 rings (SSSR count). The predicted molar refractivity (Wildman–Crippen MR) is 102 cm³/mol. The van der Waals surface area contributed by atoms with Crippen LogP contribution in [0.15, 0.2) is 53.0 Å². The molecule has 0 amide bonds. The van der Waals surface area contributed by atoms with Crippen molar-refractivity contribution in [1.29, 1.82) is 0 Å². The average molecular weight is 410 g/mol. The fourth-order valence-corrected chi connectivity index (χ4v) is 4.82. The SMILES string of the molecule is Fc1cccc(Cl)c1CSc1nnc2scc(-c3cccc(Cl)c3)n12. The molecule has 0 fully saturated rings. The highest BCUT2D eigenvalue weighted by molar-refractivity contribution is 7.98. The number of fused-ring (bicyclic) bond motifs is 1. The summed E-state index contributed by atoms with van der Waals surface area (Å²) in [6.45, 7) is 0. The Kier molecular flexibility index (Phi) is 4.69. The van der Waals surface area contributed by atoms with Crippen LogP contribution in [0, 0.1) is 5.82 Å². The molecule has 8 heteroatoms. The number of hydrogen-bond donors (Lipinski definition) is 0. The number of halogens is 3. The summed E-state index contributed by atoms with van der Waals surface area (Å²) < 4.78 is 15.9. The largest absolute Gasteiger partial charge is 0.260 e. The number of hydrogen-bond acceptors (Lipinski definition) is 4. The van der Waals surface area contributed by atoms with Gasteiger partial charge in [0.1, 0.15) is 5.82 Å². The van der Waals surface area contributed by atoms with Crippen molar-refractivity contribution >= 4 is 51.3 Å². The van der Waals surface area contributed by atoms with Gasteiger partial charge in [0.2, 0.25) is 4.96 Å². The van der Waals surface area contributed by atoms with Crippen molar-refractivity contribution in [2.24, 2.45) is 0 Å². The minimum atomic E-state index is -0.318. The lowest BCUT2D eigenvalue weighted by atomic mass is 10.2. The van der Waals surface area contributed by atoms with Crippen molar-refractivity contribution in [1.82, 2.24) is 14.6 Å². The second-order valence-electron chi connectivity index (χ2n) is 5.22. The zero-order chi connectivity index (χ0) is 17.4. The summed E-state index contributed by atoms with van der Waals surface area (Å²) in [6.07, 6.45) is 0. The molecule has 0 bridgehead atoms. The van der Waals surface area contributed by atoms with Crippen LogP contribution in [-0.4, -0.2) is 14.6 Å². The van der Waals surface area contributed by atoms with Gasteiger partial charge in [-0.2, -0.15) is 0 Å². The number of rotatable bonds is 4. The molecule has 0 unspecified atom stereocenters. The molecule has 0 saturated carbocycles. The summed E-state index contributed by atoms with van der Waals surface area (Å²) in [5, 5.41) is 12.2. The van der Waals surface area contributed by atoms with Gasteiger partial charge in [0.25, 0.3) is 0 Å². The van der Waals surface area contributed by atoms with Crippen LogP contribution in [0.4, 0.5) is 4.39 Å². The molecule has 0 aliphatic carbocycles. The van der Waals surface area contributed by atoms with Gasteiger partial charge in [-0.1, -0.05) is 53.2 Å². The molecule has 0 aliphatic rings. The van der Waals surface area contributed by atoms with Gasteiger partial charge < -0.3 is 0 Å². The Morgan fingerprint density at radius 3 is 2.76 bits per heavy atom. The van der Waals surface area contributed by atoms with Crippen molar-refractivity contribution in [2.75, 3.05) is 0 Å². The number of thiazole rings is 1. The predicted octanol–water partition coefficient (Wildman–Crippen LogP) is 6.20. The van der Waals surface area contributed by atoms with Crippen molar-refractivity contribution in [3.8, 4) is 11.3 Å². The highest BCUT2D eigenvalue weighted by Gasteiger charge is 2.16. The summed E-state index contributed by atoms with van der Waals surface area (Å²) in [4.78, 5) is 0.775. The Balaban J connectivity index is 1.70. The molecular weight excluding hydrogens is 400 g/mol. The quantitative estimate of drug-likeness (QED) is 0.376. The molecule has 0 aliphatic heterocycles. The van der Waals surface area contributed by atoms with Crippen LogP contribution in [-0.2, 0) is 5.75 Å². The Morgan fingerprint density at radius 1 is 1.12 bits per heavy atom. The maximum Gasteiger partial charge on any atom is 0.217 e. The van der Waals surface area contributed by atoms with E-state index >= 15 is 0 Å². The molecule has 4 aromatic rings. The van der Waals surface area contributed by atoms with E-state index in [9.17, 15) is 4.39 Å². The zero-order valence-electron chi connectivity index (χ0n) is 12.6. The van der Waals surface area contributed by atoms with E-state index in [1.807, 2.05) is 34.0 Å². The van der Waals surface area contributed by atoms with E-state index in [1.165, 1.54) is 29.2 Å². The van der Waals surface area contributed by atoms with Crippen LogP contribution in [0.2, 0.25) is 10.0 Å². The molecular formula is C17H10Cl2FN3S2. The van der Waals surface area contributed by atoms with E-state index in [0.717, 1.165) is 16.2 Å². The molecule has 25 heavy (non-hydrogen) atoms. The van der Waals surface area contributed by atoms with Crippen LogP contribution in [0.1, 0.15) is 5.56 Å². The molecule has 3 nitrogen and oxygen atoms in total. The lowest BCUT2D eigenvalue weighted by Gasteiger charge is -2.06. The minimum Gasteiger partial charge on any atom is -0.260 e. The van der Waals surface area contributed by atoms with Gasteiger partial charge in [-0.25, -0.2) is 4.39 Å². The Labute approximate surface area is 161 Å². The fourth-order valence-electron chi connectivity index (χ4n) is 2.45. The highest BCUT2D eigenvalue weighted by Crippen LogP contribution is 2.33. The summed E-state index contributed by atoms with van der Waals surface area (Å²) in [5.41, 5.74) is 2.39. The molecule has 0 spiro atoms. The monoisotopic (exact) mass is 409 g/mol. The topological polar surface area (TPSA) is 30.2 Å². The van der Waals surface area contributed by atoms with Crippen molar-refractivity contribution in [2.45, 2.75) is 10.9 Å². The number of benzene rings is 2. The zero-order valence-corrected chi connectivity index (χ0v) is 15.8.